The molecule has 0 heterocycles. The summed E-state index contributed by atoms with van der Waals surface area (Å²) in [5.41, 5.74) is 1.98. The summed E-state index contributed by atoms with van der Waals surface area (Å²) in [7, 11) is 0. The van der Waals surface area contributed by atoms with Crippen molar-refractivity contribution >= 4 is 15.9 Å². The highest BCUT2D eigenvalue weighted by Gasteiger charge is 2.08. The van der Waals surface area contributed by atoms with Crippen LogP contribution < -0.4 is 4.74 Å². The topological polar surface area (TPSA) is 29.5 Å². The smallest absolute Gasteiger partial charge is 0.125 e. The fourth-order valence-electron chi connectivity index (χ4n) is 1.27. The zero-order valence-corrected chi connectivity index (χ0v) is 10.0. The molecule has 0 aliphatic carbocycles. The fourth-order valence-corrected chi connectivity index (χ4v) is 1.44. The Labute approximate surface area is 93.0 Å². The van der Waals surface area contributed by atoms with E-state index in [0.29, 0.717) is 6.61 Å². The van der Waals surface area contributed by atoms with E-state index in [-0.39, 0.29) is 0 Å². The molecule has 0 amide bonds. The van der Waals surface area contributed by atoms with Crippen molar-refractivity contribution in [2.75, 3.05) is 11.9 Å². The SMILES string of the molecule is Cc1ccc(OCCBr)c(C(C)O)c1. The molecule has 1 atom stereocenters. The molecule has 0 spiro atoms. The lowest BCUT2D eigenvalue weighted by molar-refractivity contribution is 0.192. The maximum Gasteiger partial charge on any atom is 0.125 e. The minimum absolute atomic E-state index is 0.486. The monoisotopic (exact) mass is 258 g/mol. The zero-order valence-electron chi connectivity index (χ0n) is 8.46. The lowest BCUT2D eigenvalue weighted by atomic mass is 10.1. The van der Waals surface area contributed by atoms with Gasteiger partial charge in [0.2, 0.25) is 0 Å². The van der Waals surface area contributed by atoms with Gasteiger partial charge in [0, 0.05) is 10.9 Å². The number of aliphatic hydroxyl groups is 1. The van der Waals surface area contributed by atoms with E-state index in [9.17, 15) is 5.11 Å². The number of rotatable bonds is 4. The van der Waals surface area contributed by atoms with Crippen molar-refractivity contribution in [2.45, 2.75) is 20.0 Å². The Kier molecular flexibility index (Phi) is 4.42. The standard InChI is InChI=1S/C11H15BrO2/c1-8-3-4-11(14-6-5-12)10(7-8)9(2)13/h3-4,7,9,13H,5-6H2,1-2H3. The third-order valence-electron chi connectivity index (χ3n) is 1.95. The summed E-state index contributed by atoms with van der Waals surface area (Å²) >= 11 is 3.30. The lowest BCUT2D eigenvalue weighted by Gasteiger charge is -2.13. The van der Waals surface area contributed by atoms with Crippen LogP contribution in [-0.2, 0) is 0 Å². The lowest BCUT2D eigenvalue weighted by Crippen LogP contribution is -2.03. The molecule has 14 heavy (non-hydrogen) atoms. The maximum atomic E-state index is 9.54. The number of hydrogen-bond acceptors (Lipinski definition) is 2. The first kappa shape index (κ1) is 11.5. The Morgan fingerprint density at radius 3 is 2.79 bits per heavy atom. The van der Waals surface area contributed by atoms with Gasteiger partial charge in [0.1, 0.15) is 5.75 Å². The maximum absolute atomic E-state index is 9.54. The molecule has 0 aliphatic heterocycles. The number of alkyl halides is 1. The van der Waals surface area contributed by atoms with Gasteiger partial charge < -0.3 is 9.84 Å². The summed E-state index contributed by atoms with van der Waals surface area (Å²) in [6.45, 7) is 4.36. The van der Waals surface area contributed by atoms with Crippen LogP contribution in [0.3, 0.4) is 0 Å². The number of aryl methyl sites for hydroxylation is 1. The molecule has 1 aromatic carbocycles. The van der Waals surface area contributed by atoms with Crippen LogP contribution in [0, 0.1) is 6.92 Å². The van der Waals surface area contributed by atoms with Crippen LogP contribution in [0.1, 0.15) is 24.2 Å². The number of halogens is 1. The molecule has 0 saturated carbocycles. The molecule has 0 radical (unpaired) electrons. The van der Waals surface area contributed by atoms with Gasteiger partial charge >= 0.3 is 0 Å². The highest BCUT2D eigenvalue weighted by Crippen LogP contribution is 2.26. The number of benzene rings is 1. The van der Waals surface area contributed by atoms with Crippen LogP contribution in [0.5, 0.6) is 5.75 Å². The van der Waals surface area contributed by atoms with E-state index in [1.54, 1.807) is 6.92 Å². The van der Waals surface area contributed by atoms with E-state index in [2.05, 4.69) is 15.9 Å². The molecule has 0 aliphatic rings. The highest BCUT2D eigenvalue weighted by molar-refractivity contribution is 9.09. The quantitative estimate of drug-likeness (QED) is 0.842. The molecule has 2 nitrogen and oxygen atoms in total. The van der Waals surface area contributed by atoms with Crippen LogP contribution in [-0.4, -0.2) is 17.0 Å². The second-order valence-corrected chi connectivity index (χ2v) is 4.05. The van der Waals surface area contributed by atoms with Gasteiger partial charge in [-0.15, -0.1) is 0 Å². The van der Waals surface area contributed by atoms with Gasteiger partial charge in [-0.3, -0.25) is 0 Å². The summed E-state index contributed by atoms with van der Waals surface area (Å²) in [5.74, 6) is 0.769. The number of hydrogen-bond donors (Lipinski definition) is 1. The number of ether oxygens (including phenoxy) is 1. The number of aliphatic hydroxyl groups excluding tert-OH is 1. The van der Waals surface area contributed by atoms with Crippen molar-refractivity contribution < 1.29 is 9.84 Å². The Bertz CT molecular complexity index is 297. The van der Waals surface area contributed by atoms with Crippen LogP contribution >= 0.6 is 15.9 Å². The Hall–Kier alpha value is -0.540. The van der Waals surface area contributed by atoms with E-state index in [1.165, 1.54) is 0 Å². The predicted octanol–water partition coefficient (Wildman–Crippen LogP) is 2.82. The summed E-state index contributed by atoms with van der Waals surface area (Å²) < 4.78 is 5.50. The second-order valence-electron chi connectivity index (χ2n) is 3.25. The first-order valence-electron chi connectivity index (χ1n) is 4.62. The second kappa shape index (κ2) is 5.37. The molecular formula is C11H15BrO2. The highest BCUT2D eigenvalue weighted by atomic mass is 79.9. The molecule has 0 aromatic heterocycles. The van der Waals surface area contributed by atoms with Gasteiger partial charge in [-0.25, -0.2) is 0 Å². The minimum atomic E-state index is -0.486. The summed E-state index contributed by atoms with van der Waals surface area (Å²) in [5, 5.41) is 10.3. The van der Waals surface area contributed by atoms with Crippen LogP contribution in [0.4, 0.5) is 0 Å². The largest absolute Gasteiger partial charge is 0.492 e. The van der Waals surface area contributed by atoms with Crippen molar-refractivity contribution in [1.29, 1.82) is 0 Å². The molecule has 78 valence electrons. The molecule has 1 unspecified atom stereocenters. The van der Waals surface area contributed by atoms with E-state index in [0.717, 1.165) is 22.2 Å². The van der Waals surface area contributed by atoms with Gasteiger partial charge in [0.25, 0.3) is 0 Å². The molecule has 0 bridgehead atoms. The molecule has 0 saturated heterocycles. The van der Waals surface area contributed by atoms with E-state index >= 15 is 0 Å². The molecule has 1 rings (SSSR count). The third kappa shape index (κ3) is 3.00. The molecule has 1 aromatic rings. The molecular weight excluding hydrogens is 244 g/mol. The average Bonchev–Trinajstić information content (AvgIpc) is 2.15. The van der Waals surface area contributed by atoms with Gasteiger partial charge in [0.15, 0.2) is 0 Å². The summed E-state index contributed by atoms with van der Waals surface area (Å²) in [6, 6.07) is 5.84. The van der Waals surface area contributed by atoms with E-state index in [1.807, 2.05) is 25.1 Å². The normalized spacial score (nSPS) is 12.6. The Balaban J connectivity index is 2.90. The van der Waals surface area contributed by atoms with E-state index in [4.69, 9.17) is 4.74 Å². The molecule has 0 fully saturated rings. The van der Waals surface area contributed by atoms with Crippen molar-refractivity contribution in [1.82, 2.24) is 0 Å². The van der Waals surface area contributed by atoms with Gasteiger partial charge in [-0.2, -0.15) is 0 Å². The molecule has 3 heteroatoms. The van der Waals surface area contributed by atoms with E-state index < -0.39 is 6.10 Å². The Morgan fingerprint density at radius 1 is 1.50 bits per heavy atom. The first-order chi connectivity index (χ1) is 6.65. The third-order valence-corrected chi connectivity index (χ3v) is 2.27. The fraction of sp³-hybridized carbons (Fsp3) is 0.455. The zero-order chi connectivity index (χ0) is 10.6. The first-order valence-corrected chi connectivity index (χ1v) is 5.74. The average molecular weight is 259 g/mol. The van der Waals surface area contributed by atoms with Crippen molar-refractivity contribution in [3.63, 3.8) is 0 Å². The summed E-state index contributed by atoms with van der Waals surface area (Å²) in [6.07, 6.45) is -0.486. The molecule has 1 N–H and O–H groups in total. The van der Waals surface area contributed by atoms with Crippen LogP contribution in [0.25, 0.3) is 0 Å². The van der Waals surface area contributed by atoms with Crippen LogP contribution in [0.2, 0.25) is 0 Å². The van der Waals surface area contributed by atoms with Crippen molar-refractivity contribution in [2.24, 2.45) is 0 Å². The van der Waals surface area contributed by atoms with Crippen molar-refractivity contribution in [3.05, 3.63) is 29.3 Å². The minimum Gasteiger partial charge on any atom is -0.492 e. The van der Waals surface area contributed by atoms with Gasteiger partial charge in [-0.1, -0.05) is 27.6 Å². The van der Waals surface area contributed by atoms with Crippen LogP contribution in [0.15, 0.2) is 18.2 Å². The van der Waals surface area contributed by atoms with Crippen molar-refractivity contribution in [3.8, 4) is 5.75 Å². The van der Waals surface area contributed by atoms with Gasteiger partial charge in [-0.05, 0) is 26.0 Å². The van der Waals surface area contributed by atoms with Gasteiger partial charge in [0.05, 0.1) is 12.7 Å². The summed E-state index contributed by atoms with van der Waals surface area (Å²) in [4.78, 5) is 0. The predicted molar refractivity (Wildman–Crippen MR) is 61.1 cm³/mol. The Morgan fingerprint density at radius 2 is 2.21 bits per heavy atom.